The second-order valence-electron chi connectivity index (χ2n) is 10.4. The Labute approximate surface area is 175 Å². The molecule has 2 N–H and O–H groups in total. The van der Waals surface area contributed by atoms with Crippen molar-refractivity contribution in [1.82, 2.24) is 9.80 Å². The summed E-state index contributed by atoms with van der Waals surface area (Å²) >= 11 is 0. The molecule has 0 spiro atoms. The van der Waals surface area contributed by atoms with Gasteiger partial charge in [0.15, 0.2) is 0 Å². The zero-order valence-corrected chi connectivity index (χ0v) is 18.8. The molecule has 1 heterocycles. The average Bonchev–Trinajstić information content (AvgIpc) is 3.04. The molecule has 158 valence electrons. The number of hydrogen-bond donors (Lipinski definition) is 2. The molecule has 1 saturated heterocycles. The van der Waals surface area contributed by atoms with E-state index in [0.717, 1.165) is 44.0 Å². The number of aromatic hydroxyl groups is 2. The molecule has 29 heavy (non-hydrogen) atoms. The van der Waals surface area contributed by atoms with Crippen molar-refractivity contribution in [2.24, 2.45) is 0 Å². The number of phenols is 2. The van der Waals surface area contributed by atoms with Gasteiger partial charge in [-0.25, -0.2) is 0 Å². The van der Waals surface area contributed by atoms with Gasteiger partial charge in [-0.2, -0.15) is 0 Å². The molecular weight excluding hydrogens is 360 g/mol. The maximum Gasteiger partial charge on any atom is 0.120 e. The first-order chi connectivity index (χ1) is 13.4. The first-order valence-corrected chi connectivity index (χ1v) is 10.5. The van der Waals surface area contributed by atoms with Crippen molar-refractivity contribution in [3.05, 3.63) is 58.7 Å². The van der Waals surface area contributed by atoms with E-state index in [1.54, 1.807) is 0 Å². The second kappa shape index (κ2) is 8.00. The highest BCUT2D eigenvalue weighted by Gasteiger charge is 2.24. The van der Waals surface area contributed by atoms with E-state index in [1.165, 1.54) is 11.1 Å². The summed E-state index contributed by atoms with van der Waals surface area (Å²) in [5.74, 6) is 0.735. The molecule has 0 radical (unpaired) electrons. The first kappa shape index (κ1) is 21.7. The van der Waals surface area contributed by atoms with Crippen molar-refractivity contribution in [2.75, 3.05) is 19.8 Å². The van der Waals surface area contributed by atoms with Crippen LogP contribution in [-0.2, 0) is 23.9 Å². The van der Waals surface area contributed by atoms with Gasteiger partial charge in [0.1, 0.15) is 11.5 Å². The smallest absolute Gasteiger partial charge is 0.120 e. The highest BCUT2D eigenvalue weighted by molar-refractivity contribution is 5.40. The maximum absolute atomic E-state index is 10.3. The highest BCUT2D eigenvalue weighted by atomic mass is 16.3. The van der Waals surface area contributed by atoms with Gasteiger partial charge in [0.05, 0.1) is 6.67 Å². The molecule has 0 aliphatic carbocycles. The average molecular weight is 397 g/mol. The van der Waals surface area contributed by atoms with Crippen LogP contribution in [0.15, 0.2) is 36.4 Å². The Kier molecular flexibility index (Phi) is 5.98. The third kappa shape index (κ3) is 5.31. The molecular formula is C25H36N2O2. The van der Waals surface area contributed by atoms with Crippen molar-refractivity contribution < 1.29 is 10.2 Å². The molecule has 3 rings (SSSR count). The zero-order valence-electron chi connectivity index (χ0n) is 18.8. The molecule has 1 fully saturated rings. The fourth-order valence-electron chi connectivity index (χ4n) is 3.80. The van der Waals surface area contributed by atoms with Gasteiger partial charge in [-0.1, -0.05) is 65.8 Å². The van der Waals surface area contributed by atoms with Crippen LogP contribution in [0.4, 0.5) is 0 Å². The quantitative estimate of drug-likeness (QED) is 0.766. The Balaban J connectivity index is 1.67. The van der Waals surface area contributed by atoms with Gasteiger partial charge in [0, 0.05) is 37.3 Å². The molecule has 0 bridgehead atoms. The number of nitrogens with zero attached hydrogens (tertiary/aromatic N) is 2. The topological polar surface area (TPSA) is 46.9 Å². The molecule has 2 aromatic carbocycles. The van der Waals surface area contributed by atoms with Crippen LogP contribution in [0.25, 0.3) is 0 Å². The van der Waals surface area contributed by atoms with Crippen LogP contribution in [0.1, 0.15) is 63.8 Å². The summed E-state index contributed by atoms with van der Waals surface area (Å²) < 4.78 is 0. The highest BCUT2D eigenvalue weighted by Crippen LogP contribution is 2.30. The van der Waals surface area contributed by atoms with E-state index >= 15 is 0 Å². The van der Waals surface area contributed by atoms with E-state index in [0.29, 0.717) is 11.5 Å². The van der Waals surface area contributed by atoms with Gasteiger partial charge in [0.25, 0.3) is 0 Å². The van der Waals surface area contributed by atoms with Crippen LogP contribution in [0.5, 0.6) is 11.5 Å². The van der Waals surface area contributed by atoms with Crippen molar-refractivity contribution in [2.45, 2.75) is 65.5 Å². The van der Waals surface area contributed by atoms with Gasteiger partial charge >= 0.3 is 0 Å². The number of phenolic OH excluding ortho intramolecular Hbond substituents is 2. The number of benzene rings is 2. The summed E-state index contributed by atoms with van der Waals surface area (Å²) in [7, 11) is 0. The monoisotopic (exact) mass is 396 g/mol. The third-order valence-corrected chi connectivity index (χ3v) is 5.81. The van der Waals surface area contributed by atoms with Crippen molar-refractivity contribution in [1.29, 1.82) is 0 Å². The second-order valence-corrected chi connectivity index (χ2v) is 10.4. The minimum absolute atomic E-state index is 0.0646. The predicted octanol–water partition coefficient (Wildman–Crippen LogP) is 4.97. The lowest BCUT2D eigenvalue weighted by molar-refractivity contribution is 0.231. The lowest BCUT2D eigenvalue weighted by atomic mass is 9.86. The molecule has 1 aliphatic rings. The molecule has 0 aromatic heterocycles. The summed E-state index contributed by atoms with van der Waals surface area (Å²) in [6, 6.07) is 11.9. The van der Waals surface area contributed by atoms with Crippen molar-refractivity contribution in [3.8, 4) is 11.5 Å². The lowest BCUT2D eigenvalue weighted by Crippen LogP contribution is -2.25. The molecule has 0 saturated carbocycles. The SMILES string of the molecule is CC(C)(C)c1ccc(O)c(CN2CCN(Cc3cc(C(C)(C)C)ccc3O)C2)c1. The summed E-state index contributed by atoms with van der Waals surface area (Å²) in [4.78, 5) is 4.71. The Bertz CT molecular complexity index is 791. The standard InChI is InChI=1S/C25H36N2O2/c1-24(2,3)20-7-9-22(28)18(13-20)15-26-11-12-27(17-26)16-19-14-21(25(4,5)6)8-10-23(19)29/h7-10,13-14,28-29H,11-12,15-17H2,1-6H3. The molecule has 0 amide bonds. The van der Waals surface area contributed by atoms with Crippen LogP contribution in [0.3, 0.4) is 0 Å². The van der Waals surface area contributed by atoms with Gasteiger partial charge in [-0.05, 0) is 34.1 Å². The largest absolute Gasteiger partial charge is 0.508 e. The van der Waals surface area contributed by atoms with Crippen LogP contribution >= 0.6 is 0 Å². The molecule has 1 aliphatic heterocycles. The molecule has 4 nitrogen and oxygen atoms in total. The van der Waals surface area contributed by atoms with E-state index in [1.807, 2.05) is 24.3 Å². The van der Waals surface area contributed by atoms with Crippen molar-refractivity contribution >= 4 is 0 Å². The Morgan fingerprint density at radius 1 is 0.690 bits per heavy atom. The minimum atomic E-state index is 0.0646. The third-order valence-electron chi connectivity index (χ3n) is 5.81. The minimum Gasteiger partial charge on any atom is -0.508 e. The number of rotatable bonds is 4. The lowest BCUT2D eigenvalue weighted by Gasteiger charge is -2.23. The zero-order chi connectivity index (χ0) is 21.4. The fraction of sp³-hybridized carbons (Fsp3) is 0.520. The van der Waals surface area contributed by atoms with Crippen LogP contribution in [0, 0.1) is 0 Å². The van der Waals surface area contributed by atoms with E-state index in [2.05, 4.69) is 63.5 Å². The molecule has 0 atom stereocenters. The summed E-state index contributed by atoms with van der Waals surface area (Å²) in [5.41, 5.74) is 4.58. The predicted molar refractivity (Wildman–Crippen MR) is 119 cm³/mol. The van der Waals surface area contributed by atoms with E-state index < -0.39 is 0 Å². The van der Waals surface area contributed by atoms with E-state index in [4.69, 9.17) is 0 Å². The molecule has 4 heteroatoms. The summed E-state index contributed by atoms with van der Waals surface area (Å²) in [5, 5.41) is 20.7. The molecule has 0 unspecified atom stereocenters. The maximum atomic E-state index is 10.3. The van der Waals surface area contributed by atoms with Gasteiger partial charge in [-0.3, -0.25) is 9.80 Å². The molecule has 2 aromatic rings. The Morgan fingerprint density at radius 3 is 1.41 bits per heavy atom. The van der Waals surface area contributed by atoms with Crippen LogP contribution in [0.2, 0.25) is 0 Å². The van der Waals surface area contributed by atoms with E-state index in [9.17, 15) is 10.2 Å². The number of hydrogen-bond acceptors (Lipinski definition) is 4. The first-order valence-electron chi connectivity index (χ1n) is 10.5. The Morgan fingerprint density at radius 2 is 1.07 bits per heavy atom. The normalized spacial score (nSPS) is 16.5. The van der Waals surface area contributed by atoms with Gasteiger partial charge in [0.2, 0.25) is 0 Å². The van der Waals surface area contributed by atoms with E-state index in [-0.39, 0.29) is 10.8 Å². The van der Waals surface area contributed by atoms with Crippen molar-refractivity contribution in [3.63, 3.8) is 0 Å². The summed E-state index contributed by atoms with van der Waals surface area (Å²) in [6.07, 6.45) is 0. The fourth-order valence-corrected chi connectivity index (χ4v) is 3.80. The van der Waals surface area contributed by atoms with Crippen LogP contribution < -0.4 is 0 Å². The Hall–Kier alpha value is -2.04. The van der Waals surface area contributed by atoms with Gasteiger partial charge < -0.3 is 10.2 Å². The summed E-state index contributed by atoms with van der Waals surface area (Å²) in [6.45, 7) is 17.4. The van der Waals surface area contributed by atoms with Gasteiger partial charge in [-0.15, -0.1) is 0 Å². The van der Waals surface area contributed by atoms with Crippen LogP contribution in [-0.4, -0.2) is 39.8 Å².